The van der Waals surface area contributed by atoms with Gasteiger partial charge in [0.15, 0.2) is 0 Å². The maximum atomic E-state index is 13.1. The number of rotatable bonds is 7. The number of nitrogens with zero attached hydrogens (tertiary/aromatic N) is 1. The van der Waals surface area contributed by atoms with Gasteiger partial charge in [-0.3, -0.25) is 9.59 Å². The molecule has 0 spiro atoms. The van der Waals surface area contributed by atoms with Crippen molar-refractivity contribution in [3.8, 4) is 5.75 Å². The lowest BCUT2D eigenvalue weighted by atomic mass is 10.0. The SMILES string of the molecule is CCCCOC(=O)c1cccc(N2C(=O)C(Cl)=C(c3ccccc3OC)C2=O)c1. The van der Waals surface area contributed by atoms with Crippen LogP contribution in [0.4, 0.5) is 5.69 Å². The number of benzene rings is 2. The predicted molar refractivity (Wildman–Crippen MR) is 110 cm³/mol. The summed E-state index contributed by atoms with van der Waals surface area (Å²) in [6.07, 6.45) is 1.66. The van der Waals surface area contributed by atoms with E-state index in [-0.39, 0.29) is 21.9 Å². The van der Waals surface area contributed by atoms with E-state index < -0.39 is 17.8 Å². The Balaban J connectivity index is 1.92. The molecule has 0 saturated carbocycles. The van der Waals surface area contributed by atoms with Crippen molar-refractivity contribution in [2.24, 2.45) is 0 Å². The maximum Gasteiger partial charge on any atom is 0.338 e. The number of hydrogen-bond donors (Lipinski definition) is 0. The second kappa shape index (κ2) is 8.92. The third kappa shape index (κ3) is 4.03. The minimum absolute atomic E-state index is 0.0602. The molecule has 1 aliphatic rings. The van der Waals surface area contributed by atoms with Crippen LogP contribution in [0, 0.1) is 0 Å². The predicted octanol–water partition coefficient (Wildman–Crippen LogP) is 4.18. The number of para-hydroxylation sites is 1. The van der Waals surface area contributed by atoms with E-state index in [1.165, 1.54) is 13.2 Å². The highest BCUT2D eigenvalue weighted by atomic mass is 35.5. The molecule has 1 aliphatic heterocycles. The highest BCUT2D eigenvalue weighted by Gasteiger charge is 2.40. The molecule has 29 heavy (non-hydrogen) atoms. The van der Waals surface area contributed by atoms with Crippen molar-refractivity contribution in [3.05, 3.63) is 64.7 Å². The van der Waals surface area contributed by atoms with Gasteiger partial charge >= 0.3 is 5.97 Å². The number of hydrogen-bond acceptors (Lipinski definition) is 5. The lowest BCUT2D eigenvalue weighted by Crippen LogP contribution is -2.31. The van der Waals surface area contributed by atoms with E-state index in [2.05, 4.69) is 0 Å². The van der Waals surface area contributed by atoms with Crippen LogP contribution >= 0.6 is 11.6 Å². The molecule has 0 radical (unpaired) electrons. The summed E-state index contributed by atoms with van der Waals surface area (Å²) in [5, 5.41) is -0.199. The van der Waals surface area contributed by atoms with Gasteiger partial charge in [0.1, 0.15) is 10.8 Å². The maximum absolute atomic E-state index is 13.1. The zero-order valence-electron chi connectivity index (χ0n) is 16.1. The van der Waals surface area contributed by atoms with Gasteiger partial charge in [-0.05, 0) is 30.7 Å². The monoisotopic (exact) mass is 413 g/mol. The molecule has 0 saturated heterocycles. The molecule has 1 heterocycles. The normalized spacial score (nSPS) is 13.8. The lowest BCUT2D eigenvalue weighted by molar-refractivity contribution is -0.119. The van der Waals surface area contributed by atoms with Gasteiger partial charge in [0.2, 0.25) is 0 Å². The smallest absolute Gasteiger partial charge is 0.338 e. The Morgan fingerprint density at radius 1 is 1.07 bits per heavy atom. The Bertz CT molecular complexity index is 998. The summed E-state index contributed by atoms with van der Waals surface area (Å²) >= 11 is 6.24. The van der Waals surface area contributed by atoms with Gasteiger partial charge in [0.05, 0.1) is 30.5 Å². The topological polar surface area (TPSA) is 72.9 Å². The number of anilines is 1. The molecule has 0 fully saturated rings. The number of halogens is 1. The number of imide groups is 1. The summed E-state index contributed by atoms with van der Waals surface area (Å²) in [5.74, 6) is -1.32. The molecule has 2 aromatic carbocycles. The zero-order valence-corrected chi connectivity index (χ0v) is 16.9. The Kier molecular flexibility index (Phi) is 6.34. The Morgan fingerprint density at radius 2 is 1.83 bits per heavy atom. The van der Waals surface area contributed by atoms with Gasteiger partial charge in [0, 0.05) is 5.56 Å². The van der Waals surface area contributed by atoms with Crippen LogP contribution in [0.5, 0.6) is 5.75 Å². The fraction of sp³-hybridized carbons (Fsp3) is 0.227. The van der Waals surface area contributed by atoms with Crippen molar-refractivity contribution in [2.75, 3.05) is 18.6 Å². The van der Waals surface area contributed by atoms with Gasteiger partial charge in [-0.25, -0.2) is 9.69 Å². The molecule has 0 unspecified atom stereocenters. The van der Waals surface area contributed by atoms with Crippen molar-refractivity contribution >= 4 is 40.6 Å². The number of ether oxygens (including phenoxy) is 2. The van der Waals surface area contributed by atoms with Crippen molar-refractivity contribution in [2.45, 2.75) is 19.8 Å². The lowest BCUT2D eigenvalue weighted by Gasteiger charge is -2.16. The molecule has 2 amide bonds. The molecule has 0 atom stereocenters. The van der Waals surface area contributed by atoms with E-state index in [0.717, 1.165) is 17.7 Å². The Labute approximate surface area is 173 Å². The van der Waals surface area contributed by atoms with Crippen LogP contribution in [-0.4, -0.2) is 31.5 Å². The standard InChI is InChI=1S/C22H20ClNO5/c1-3-4-12-29-22(27)14-8-7-9-15(13-14)24-20(25)18(19(23)21(24)26)16-10-5-6-11-17(16)28-2/h5-11,13H,3-4,12H2,1-2H3. The van der Waals surface area contributed by atoms with Crippen LogP contribution in [0.3, 0.4) is 0 Å². The largest absolute Gasteiger partial charge is 0.496 e. The number of carbonyl (C=O) groups is 3. The fourth-order valence-corrected chi connectivity index (χ4v) is 3.25. The minimum atomic E-state index is -0.658. The zero-order chi connectivity index (χ0) is 21.0. The van der Waals surface area contributed by atoms with Gasteiger partial charge < -0.3 is 9.47 Å². The second-order valence-corrected chi connectivity index (χ2v) is 6.75. The third-order valence-electron chi connectivity index (χ3n) is 4.47. The van der Waals surface area contributed by atoms with E-state index in [9.17, 15) is 14.4 Å². The summed E-state index contributed by atoms with van der Waals surface area (Å²) < 4.78 is 10.5. The van der Waals surface area contributed by atoms with E-state index in [1.807, 2.05) is 6.92 Å². The summed E-state index contributed by atoms with van der Waals surface area (Å²) in [5.41, 5.74) is 0.982. The molecule has 3 rings (SSSR count). The molecule has 0 N–H and O–H groups in total. The van der Waals surface area contributed by atoms with Crippen LogP contribution in [0.2, 0.25) is 0 Å². The van der Waals surface area contributed by atoms with Crippen molar-refractivity contribution in [1.82, 2.24) is 0 Å². The van der Waals surface area contributed by atoms with Crippen LogP contribution in [-0.2, 0) is 14.3 Å². The van der Waals surface area contributed by atoms with Gasteiger partial charge in [-0.2, -0.15) is 0 Å². The number of carbonyl (C=O) groups excluding carboxylic acids is 3. The molecule has 0 aliphatic carbocycles. The van der Waals surface area contributed by atoms with E-state index in [4.69, 9.17) is 21.1 Å². The first-order valence-corrected chi connectivity index (χ1v) is 9.56. The third-order valence-corrected chi connectivity index (χ3v) is 4.83. The molecule has 6 nitrogen and oxygen atoms in total. The number of esters is 1. The fourth-order valence-electron chi connectivity index (χ4n) is 2.99. The molecule has 0 bridgehead atoms. The molecular weight excluding hydrogens is 394 g/mol. The first kappa shape index (κ1) is 20.6. The molecule has 0 aromatic heterocycles. The van der Waals surface area contributed by atoms with E-state index in [1.54, 1.807) is 42.5 Å². The summed E-state index contributed by atoms with van der Waals surface area (Å²) in [7, 11) is 1.47. The summed E-state index contributed by atoms with van der Waals surface area (Å²) in [6.45, 7) is 2.31. The molecule has 7 heteroatoms. The molecule has 150 valence electrons. The molecule has 2 aromatic rings. The Morgan fingerprint density at radius 3 is 2.55 bits per heavy atom. The van der Waals surface area contributed by atoms with Crippen LogP contribution in [0.1, 0.15) is 35.7 Å². The highest BCUT2D eigenvalue weighted by molar-refractivity contribution is 6.60. The first-order valence-electron chi connectivity index (χ1n) is 9.18. The highest BCUT2D eigenvalue weighted by Crippen LogP contribution is 2.38. The van der Waals surface area contributed by atoms with Gasteiger partial charge in [0.25, 0.3) is 11.8 Å². The number of methoxy groups -OCH3 is 1. The number of amides is 2. The Hall–Kier alpha value is -3.12. The first-order chi connectivity index (χ1) is 14.0. The molecular formula is C22H20ClNO5. The van der Waals surface area contributed by atoms with Crippen molar-refractivity contribution in [3.63, 3.8) is 0 Å². The van der Waals surface area contributed by atoms with E-state index >= 15 is 0 Å². The van der Waals surface area contributed by atoms with Gasteiger partial charge in [-0.15, -0.1) is 0 Å². The van der Waals surface area contributed by atoms with Gasteiger partial charge in [-0.1, -0.05) is 49.2 Å². The summed E-state index contributed by atoms with van der Waals surface area (Å²) in [6, 6.07) is 13.0. The van der Waals surface area contributed by atoms with Crippen LogP contribution in [0.15, 0.2) is 53.6 Å². The van der Waals surface area contributed by atoms with Crippen LogP contribution in [0.25, 0.3) is 5.57 Å². The number of unbranched alkanes of at least 4 members (excludes halogenated alkanes) is 1. The average Bonchev–Trinajstić information content (AvgIpc) is 2.96. The average molecular weight is 414 g/mol. The second-order valence-electron chi connectivity index (χ2n) is 6.37. The van der Waals surface area contributed by atoms with Crippen molar-refractivity contribution in [1.29, 1.82) is 0 Å². The van der Waals surface area contributed by atoms with Crippen molar-refractivity contribution < 1.29 is 23.9 Å². The minimum Gasteiger partial charge on any atom is -0.496 e. The summed E-state index contributed by atoms with van der Waals surface area (Å²) in [4.78, 5) is 39.0. The van der Waals surface area contributed by atoms with Crippen LogP contribution < -0.4 is 9.64 Å². The van der Waals surface area contributed by atoms with E-state index in [0.29, 0.717) is 17.9 Å². The quantitative estimate of drug-likeness (QED) is 0.387.